The van der Waals surface area contributed by atoms with Gasteiger partial charge in [0.25, 0.3) is 0 Å². The number of Topliss-reactive ketones (excluding diaryl/α,β-unsaturated/α-hetero) is 2. The minimum atomic E-state index is -4.71. The largest absolute Gasteiger partial charge is 0.506 e. The van der Waals surface area contributed by atoms with E-state index in [4.69, 9.17) is 0 Å². The Morgan fingerprint density at radius 1 is 1.15 bits per heavy atom. The number of ketones is 2. The molecule has 3 rings (SSSR count). The Hall–Kier alpha value is -1.96. The van der Waals surface area contributed by atoms with E-state index in [1.807, 2.05) is 0 Å². The van der Waals surface area contributed by atoms with Crippen molar-refractivity contribution in [1.82, 2.24) is 0 Å². The molecule has 2 fully saturated rings. The molecule has 1 unspecified atom stereocenters. The molecule has 1 aromatic carbocycles. The number of hydrogen-bond donors (Lipinski definition) is 1. The molecule has 2 aliphatic rings. The average Bonchev–Trinajstić information content (AvgIpc) is 2.98. The van der Waals surface area contributed by atoms with Gasteiger partial charge in [0.1, 0.15) is 11.3 Å². The number of halogens is 3. The van der Waals surface area contributed by atoms with Gasteiger partial charge in [-0.3, -0.25) is 13.8 Å². The van der Waals surface area contributed by atoms with E-state index in [9.17, 15) is 32.1 Å². The van der Waals surface area contributed by atoms with Gasteiger partial charge in [-0.25, -0.2) is 0 Å². The number of benzene rings is 1. The zero-order valence-electron chi connectivity index (χ0n) is 14.1. The summed E-state index contributed by atoms with van der Waals surface area (Å²) in [6, 6.07) is 1.75. The lowest BCUT2D eigenvalue weighted by molar-refractivity contribution is -0.140. The number of aliphatic hydroxyl groups is 1. The van der Waals surface area contributed by atoms with Crippen molar-refractivity contribution in [3.63, 3.8) is 0 Å². The number of rotatable bonds is 2. The fourth-order valence-corrected chi connectivity index (χ4v) is 4.93. The van der Waals surface area contributed by atoms with Crippen LogP contribution in [0.3, 0.4) is 0 Å². The predicted molar refractivity (Wildman–Crippen MR) is 88.9 cm³/mol. The number of fused-ring (bicyclic) bond motifs is 2. The van der Waals surface area contributed by atoms with Crippen LogP contribution >= 0.6 is 0 Å². The first kappa shape index (κ1) is 18.8. The minimum absolute atomic E-state index is 0.0517. The zero-order chi connectivity index (χ0) is 19.4. The van der Waals surface area contributed by atoms with Gasteiger partial charge in [-0.1, -0.05) is 6.07 Å². The fourth-order valence-electron chi connectivity index (χ4n) is 3.90. The van der Waals surface area contributed by atoms with Crippen LogP contribution in [-0.4, -0.2) is 27.1 Å². The van der Waals surface area contributed by atoms with Crippen molar-refractivity contribution in [1.29, 1.82) is 0 Å². The predicted octanol–water partition coefficient (Wildman–Crippen LogP) is 3.59. The highest BCUT2D eigenvalue weighted by Gasteiger charge is 2.45. The van der Waals surface area contributed by atoms with Gasteiger partial charge in [0.05, 0.1) is 21.3 Å². The molecule has 0 spiro atoms. The smallest absolute Gasteiger partial charge is 0.417 e. The van der Waals surface area contributed by atoms with Gasteiger partial charge in [-0.05, 0) is 37.8 Å². The second kappa shape index (κ2) is 6.33. The lowest BCUT2D eigenvalue weighted by Gasteiger charge is -2.22. The molecule has 2 bridgehead atoms. The van der Waals surface area contributed by atoms with Crippen LogP contribution in [0.15, 0.2) is 22.6 Å². The summed E-state index contributed by atoms with van der Waals surface area (Å²) >= 11 is 0. The molecule has 1 N–H and O–H groups in total. The monoisotopic (exact) mass is 386 g/mol. The molecule has 3 atom stereocenters. The van der Waals surface area contributed by atoms with Gasteiger partial charge in [0.15, 0.2) is 11.6 Å². The molecular weight excluding hydrogens is 369 g/mol. The van der Waals surface area contributed by atoms with Gasteiger partial charge in [-0.2, -0.15) is 13.2 Å². The topological polar surface area (TPSA) is 71.4 Å². The van der Waals surface area contributed by atoms with Crippen LogP contribution < -0.4 is 0 Å². The summed E-state index contributed by atoms with van der Waals surface area (Å²) in [5.74, 6) is -2.19. The summed E-state index contributed by atoms with van der Waals surface area (Å²) in [6.07, 6.45) is -1.99. The van der Waals surface area contributed by atoms with E-state index in [0.29, 0.717) is 19.3 Å². The van der Waals surface area contributed by atoms with E-state index in [0.717, 1.165) is 18.4 Å². The summed E-state index contributed by atoms with van der Waals surface area (Å²) in [5, 5.41) is 10.6. The molecule has 2 aliphatic carbocycles. The maximum atomic E-state index is 13.2. The Kier molecular flexibility index (Phi) is 4.58. The number of aliphatic hydroxyl groups excluding tert-OH is 1. The molecule has 4 nitrogen and oxygen atoms in total. The zero-order valence-corrected chi connectivity index (χ0v) is 15.0. The van der Waals surface area contributed by atoms with E-state index in [-0.39, 0.29) is 28.5 Å². The Morgan fingerprint density at radius 2 is 1.69 bits per heavy atom. The van der Waals surface area contributed by atoms with Crippen molar-refractivity contribution in [3.05, 3.63) is 34.4 Å². The molecule has 0 radical (unpaired) electrons. The Balaban J connectivity index is 2.21. The van der Waals surface area contributed by atoms with Crippen molar-refractivity contribution >= 4 is 28.1 Å². The van der Waals surface area contributed by atoms with Crippen LogP contribution in [0.4, 0.5) is 13.2 Å². The Morgan fingerprint density at radius 3 is 2.15 bits per heavy atom. The number of hydrogen-bond acceptors (Lipinski definition) is 4. The quantitative estimate of drug-likeness (QED) is 0.479. The second-order valence-electron chi connectivity index (χ2n) is 6.73. The molecule has 1 aromatic rings. The van der Waals surface area contributed by atoms with Crippen LogP contribution in [0.1, 0.15) is 36.0 Å². The first-order chi connectivity index (χ1) is 12.0. The van der Waals surface area contributed by atoms with Gasteiger partial charge >= 0.3 is 6.18 Å². The normalized spacial score (nSPS) is 26.2. The Labute approximate surface area is 150 Å². The molecule has 0 aromatic heterocycles. The molecule has 140 valence electrons. The van der Waals surface area contributed by atoms with Crippen molar-refractivity contribution in [2.45, 2.75) is 37.3 Å². The molecule has 8 heteroatoms. The minimum Gasteiger partial charge on any atom is -0.506 e. The van der Waals surface area contributed by atoms with Gasteiger partial charge < -0.3 is 5.11 Å². The first-order valence-electron chi connectivity index (χ1n) is 8.10. The highest BCUT2D eigenvalue weighted by molar-refractivity contribution is 7.84. The highest BCUT2D eigenvalue weighted by atomic mass is 32.2. The van der Waals surface area contributed by atoms with E-state index < -0.39 is 44.8 Å². The van der Waals surface area contributed by atoms with Crippen molar-refractivity contribution in [2.75, 3.05) is 6.26 Å². The van der Waals surface area contributed by atoms with Crippen LogP contribution in [0, 0.1) is 18.8 Å². The molecule has 26 heavy (non-hydrogen) atoms. The third-order valence-corrected chi connectivity index (χ3v) is 6.26. The lowest BCUT2D eigenvalue weighted by Crippen LogP contribution is -2.30. The van der Waals surface area contributed by atoms with Crippen molar-refractivity contribution in [2.24, 2.45) is 11.8 Å². The highest BCUT2D eigenvalue weighted by Crippen LogP contribution is 2.43. The van der Waals surface area contributed by atoms with Gasteiger partial charge in [0.2, 0.25) is 0 Å². The SMILES string of the molecule is Cc1c(C(O)=C2C(=O)[C@@H]3CC[C@@H](C3)C2=O)ccc(C(F)(F)F)c1S(C)=O. The fraction of sp³-hybridized carbons (Fsp3) is 0.444. The molecular formula is C18H17F3O4S. The first-order valence-corrected chi connectivity index (χ1v) is 9.66. The van der Waals surface area contributed by atoms with E-state index in [1.165, 1.54) is 6.92 Å². The standard InChI is InChI=1S/C18H17F3O4S/c1-8-11(5-6-12(18(19,20)21)17(8)26(2)25)16(24)13-14(22)9-3-4-10(7-9)15(13)23/h5-6,9-10,24H,3-4,7H2,1-2H3/t9-,10+,26?. The van der Waals surface area contributed by atoms with E-state index in [2.05, 4.69) is 0 Å². The van der Waals surface area contributed by atoms with Crippen LogP contribution in [-0.2, 0) is 26.6 Å². The number of carbonyl (C=O) groups excluding carboxylic acids is 2. The summed E-state index contributed by atoms with van der Waals surface area (Å²) in [6.45, 7) is 1.30. The Bertz CT molecular complexity index is 846. The number of alkyl halides is 3. The molecule has 0 heterocycles. The summed E-state index contributed by atoms with van der Waals surface area (Å²) < 4.78 is 51.5. The molecule has 0 saturated heterocycles. The number of allylic oxidation sites excluding steroid dienone is 1. The van der Waals surface area contributed by atoms with Crippen molar-refractivity contribution < 1.29 is 32.1 Å². The third-order valence-electron chi connectivity index (χ3n) is 5.16. The van der Waals surface area contributed by atoms with E-state index >= 15 is 0 Å². The van der Waals surface area contributed by atoms with E-state index in [1.54, 1.807) is 0 Å². The third kappa shape index (κ3) is 2.90. The lowest BCUT2D eigenvalue weighted by atomic mass is 9.81. The van der Waals surface area contributed by atoms with Crippen LogP contribution in [0.2, 0.25) is 0 Å². The molecule has 0 aliphatic heterocycles. The maximum Gasteiger partial charge on any atom is 0.417 e. The van der Waals surface area contributed by atoms with Gasteiger partial charge in [-0.15, -0.1) is 0 Å². The van der Waals surface area contributed by atoms with Crippen LogP contribution in [0.5, 0.6) is 0 Å². The summed E-state index contributed by atoms with van der Waals surface area (Å²) in [7, 11) is -1.97. The molecule has 0 amide bonds. The summed E-state index contributed by atoms with van der Waals surface area (Å²) in [4.78, 5) is 24.5. The number of carbonyl (C=O) groups is 2. The average molecular weight is 386 g/mol. The van der Waals surface area contributed by atoms with Gasteiger partial charge in [0, 0.05) is 23.7 Å². The maximum absolute atomic E-state index is 13.2. The molecule has 2 saturated carbocycles. The summed E-state index contributed by atoms with van der Waals surface area (Å²) in [5.41, 5.74) is -1.51. The second-order valence-corrected chi connectivity index (χ2v) is 8.04. The van der Waals surface area contributed by atoms with Crippen molar-refractivity contribution in [3.8, 4) is 0 Å². The van der Waals surface area contributed by atoms with Crippen LogP contribution in [0.25, 0.3) is 5.76 Å².